The lowest BCUT2D eigenvalue weighted by atomic mass is 10.0. The summed E-state index contributed by atoms with van der Waals surface area (Å²) in [6.07, 6.45) is 0. The molecule has 0 unspecified atom stereocenters. The Bertz CT molecular complexity index is 3510. The Labute approximate surface area is 330 Å². The molecule has 0 aliphatic rings. The smallest absolute Gasteiger partial charge is 0.164 e. The van der Waals surface area contributed by atoms with Crippen LogP contribution in [0.4, 0.5) is 0 Å². The van der Waals surface area contributed by atoms with E-state index < -0.39 is 0 Å². The monoisotopic (exact) mass is 746 g/mol. The number of benzene rings is 8. The summed E-state index contributed by atoms with van der Waals surface area (Å²) in [7, 11) is 0. The summed E-state index contributed by atoms with van der Waals surface area (Å²) in [5.74, 6) is 1.84. The molecule has 57 heavy (non-hydrogen) atoms. The number of hydrogen-bond acceptors (Lipinski definition) is 5. The van der Waals surface area contributed by atoms with Gasteiger partial charge in [0.25, 0.3) is 0 Å². The summed E-state index contributed by atoms with van der Waals surface area (Å²) in [5, 5.41) is 6.81. The fraction of sp³-hybridized carbons (Fsp3) is 0. The topological polar surface area (TPSA) is 56.7 Å². The standard InChI is InChI=1S/C51H30N4OS/c1-3-12-31(13-4-1)32-22-24-33(25-23-32)49-52-50(54-51(53-49)41-18-11-21-45-46(41)40-17-8-10-20-44(40)57-45)34-26-27-37-39-29-28-38-36-16-7-9-19-42(36)55(35-14-5-2-6-15-35)47(38)48(39)56-43(37)30-34/h1-30H. The molecule has 8 aromatic carbocycles. The highest BCUT2D eigenvalue weighted by atomic mass is 32.1. The van der Waals surface area contributed by atoms with Crippen LogP contribution in [0.5, 0.6) is 0 Å². The Balaban J connectivity index is 1.07. The molecule has 0 bridgehead atoms. The van der Waals surface area contributed by atoms with Crippen LogP contribution in [0.15, 0.2) is 186 Å². The fourth-order valence-corrected chi connectivity index (χ4v) is 9.56. The number of fused-ring (bicyclic) bond motifs is 10. The SMILES string of the molecule is c1ccc(-c2ccc(-c3nc(-c4ccc5c(c4)oc4c5ccc5c6ccccc6n(-c6ccccc6)c54)nc(-c4cccc5sc6ccccc6c45)n3)cc2)cc1. The van der Waals surface area contributed by atoms with Crippen LogP contribution >= 0.6 is 11.3 Å². The number of hydrogen-bond donors (Lipinski definition) is 0. The third-order valence-electron chi connectivity index (χ3n) is 11.1. The van der Waals surface area contributed by atoms with Crippen molar-refractivity contribution in [3.8, 4) is 51.0 Å². The highest BCUT2D eigenvalue weighted by molar-refractivity contribution is 7.25. The molecule has 266 valence electrons. The predicted molar refractivity (Wildman–Crippen MR) is 236 cm³/mol. The molecule has 6 heteroatoms. The Morgan fingerprint density at radius 2 is 1.04 bits per heavy atom. The summed E-state index contributed by atoms with van der Waals surface area (Å²) in [6.45, 7) is 0. The molecule has 0 fully saturated rings. The third kappa shape index (κ3) is 5.04. The van der Waals surface area contributed by atoms with Crippen LogP contribution in [0.1, 0.15) is 0 Å². The van der Waals surface area contributed by atoms with Crippen LogP contribution in [0.3, 0.4) is 0 Å². The maximum Gasteiger partial charge on any atom is 0.164 e. The predicted octanol–water partition coefficient (Wildman–Crippen LogP) is 13.9. The van der Waals surface area contributed by atoms with Crippen molar-refractivity contribution in [3.05, 3.63) is 182 Å². The van der Waals surface area contributed by atoms with Gasteiger partial charge in [0.15, 0.2) is 23.1 Å². The van der Waals surface area contributed by atoms with E-state index in [2.05, 4.69) is 180 Å². The van der Waals surface area contributed by atoms with E-state index in [1.807, 2.05) is 6.07 Å². The Hall–Kier alpha value is -7.41. The second kappa shape index (κ2) is 12.6. The molecule has 0 aliphatic carbocycles. The lowest BCUT2D eigenvalue weighted by Crippen LogP contribution is -2.00. The van der Waals surface area contributed by atoms with Crippen molar-refractivity contribution >= 4 is 75.3 Å². The van der Waals surface area contributed by atoms with E-state index in [0.717, 1.165) is 77.2 Å². The minimum atomic E-state index is 0.588. The van der Waals surface area contributed by atoms with Crippen LogP contribution in [0.2, 0.25) is 0 Å². The molecule has 4 aromatic heterocycles. The zero-order valence-electron chi connectivity index (χ0n) is 30.4. The highest BCUT2D eigenvalue weighted by Crippen LogP contribution is 2.42. The van der Waals surface area contributed by atoms with Gasteiger partial charge in [0.05, 0.1) is 11.0 Å². The summed E-state index contributed by atoms with van der Waals surface area (Å²) in [4.78, 5) is 15.6. The molecule has 0 atom stereocenters. The molecule has 0 saturated heterocycles. The minimum absolute atomic E-state index is 0.588. The van der Waals surface area contributed by atoms with Crippen LogP contribution in [-0.4, -0.2) is 19.5 Å². The van der Waals surface area contributed by atoms with Gasteiger partial charge in [0, 0.05) is 64.1 Å². The summed E-state index contributed by atoms with van der Waals surface area (Å²) in [5.41, 5.74) is 9.98. The second-order valence-electron chi connectivity index (χ2n) is 14.4. The number of rotatable bonds is 5. The Morgan fingerprint density at radius 1 is 0.421 bits per heavy atom. The van der Waals surface area contributed by atoms with Crippen molar-refractivity contribution in [2.24, 2.45) is 0 Å². The van der Waals surface area contributed by atoms with Crippen LogP contribution in [0, 0.1) is 0 Å². The van der Waals surface area contributed by atoms with Gasteiger partial charge in [-0.05, 0) is 59.7 Å². The van der Waals surface area contributed by atoms with E-state index in [1.54, 1.807) is 11.3 Å². The van der Waals surface area contributed by atoms with Crippen molar-refractivity contribution in [2.75, 3.05) is 0 Å². The maximum absolute atomic E-state index is 6.91. The highest BCUT2D eigenvalue weighted by Gasteiger charge is 2.21. The Kier molecular flexibility index (Phi) is 7.03. The number of thiophene rings is 1. The van der Waals surface area contributed by atoms with Crippen molar-refractivity contribution in [1.82, 2.24) is 19.5 Å². The molecule has 0 amide bonds. The second-order valence-corrected chi connectivity index (χ2v) is 15.4. The van der Waals surface area contributed by atoms with E-state index in [0.29, 0.717) is 17.5 Å². The average molecular weight is 747 g/mol. The van der Waals surface area contributed by atoms with Crippen molar-refractivity contribution in [3.63, 3.8) is 0 Å². The molecule has 0 aliphatic heterocycles. The molecule has 0 spiro atoms. The largest absolute Gasteiger partial charge is 0.454 e. The lowest BCUT2D eigenvalue weighted by molar-refractivity contribution is 0.671. The van der Waals surface area contributed by atoms with E-state index >= 15 is 0 Å². The molecule has 12 aromatic rings. The summed E-state index contributed by atoms with van der Waals surface area (Å²) < 4.78 is 11.7. The zero-order valence-corrected chi connectivity index (χ0v) is 31.2. The van der Waals surface area contributed by atoms with E-state index in [1.165, 1.54) is 20.2 Å². The van der Waals surface area contributed by atoms with Crippen LogP contribution in [0.25, 0.3) is 115 Å². The molecule has 12 rings (SSSR count). The van der Waals surface area contributed by atoms with Gasteiger partial charge in [-0.25, -0.2) is 15.0 Å². The third-order valence-corrected chi connectivity index (χ3v) is 12.2. The van der Waals surface area contributed by atoms with Crippen LogP contribution < -0.4 is 0 Å². The van der Waals surface area contributed by atoms with E-state index in [4.69, 9.17) is 19.4 Å². The first-order valence-corrected chi connectivity index (χ1v) is 19.8. The molecular weight excluding hydrogens is 717 g/mol. The molecule has 0 saturated carbocycles. The van der Waals surface area contributed by atoms with Crippen LogP contribution in [-0.2, 0) is 0 Å². The number of nitrogens with zero attached hydrogens (tertiary/aromatic N) is 4. The van der Waals surface area contributed by atoms with Gasteiger partial charge in [-0.2, -0.15) is 0 Å². The van der Waals surface area contributed by atoms with Gasteiger partial charge in [0.1, 0.15) is 5.58 Å². The molecule has 5 nitrogen and oxygen atoms in total. The quantitative estimate of drug-likeness (QED) is 0.176. The first kappa shape index (κ1) is 31.9. The number of aromatic nitrogens is 4. The Morgan fingerprint density at radius 3 is 1.88 bits per heavy atom. The lowest BCUT2D eigenvalue weighted by Gasteiger charge is -2.10. The van der Waals surface area contributed by atoms with Gasteiger partial charge in [-0.3, -0.25) is 0 Å². The van der Waals surface area contributed by atoms with E-state index in [-0.39, 0.29) is 0 Å². The van der Waals surface area contributed by atoms with Crippen molar-refractivity contribution in [1.29, 1.82) is 0 Å². The molecule has 4 heterocycles. The van der Waals surface area contributed by atoms with Gasteiger partial charge in [-0.15, -0.1) is 11.3 Å². The molecule has 0 radical (unpaired) electrons. The zero-order chi connectivity index (χ0) is 37.5. The van der Waals surface area contributed by atoms with Crippen molar-refractivity contribution < 1.29 is 4.42 Å². The minimum Gasteiger partial charge on any atom is -0.454 e. The molecular formula is C51H30N4OS. The molecule has 0 N–H and O–H groups in total. The number of para-hydroxylation sites is 2. The first-order chi connectivity index (χ1) is 28.2. The average Bonchev–Trinajstić information content (AvgIpc) is 3.96. The van der Waals surface area contributed by atoms with Gasteiger partial charge in [0.2, 0.25) is 0 Å². The number of furan rings is 1. The van der Waals surface area contributed by atoms with Gasteiger partial charge < -0.3 is 8.98 Å². The normalized spacial score (nSPS) is 11.9. The first-order valence-electron chi connectivity index (χ1n) is 19.0. The van der Waals surface area contributed by atoms with Crippen molar-refractivity contribution in [2.45, 2.75) is 0 Å². The van der Waals surface area contributed by atoms with Gasteiger partial charge in [-0.1, -0.05) is 133 Å². The van der Waals surface area contributed by atoms with Gasteiger partial charge >= 0.3 is 0 Å². The summed E-state index contributed by atoms with van der Waals surface area (Å²) in [6, 6.07) is 63.7. The van der Waals surface area contributed by atoms with E-state index in [9.17, 15) is 0 Å². The fourth-order valence-electron chi connectivity index (χ4n) is 8.42. The summed E-state index contributed by atoms with van der Waals surface area (Å²) >= 11 is 1.79. The maximum atomic E-state index is 6.91.